The minimum absolute atomic E-state index is 0.00130. The summed E-state index contributed by atoms with van der Waals surface area (Å²) in [5.41, 5.74) is -15.4. The van der Waals surface area contributed by atoms with E-state index in [1.807, 2.05) is 0 Å². The fraction of sp³-hybridized carbons (Fsp3) is 0.125. The monoisotopic (exact) mass is 968 g/mol. The third-order valence-electron chi connectivity index (χ3n) is 11.5. The smallest absolute Gasteiger partial charge is 0.309 e. The Morgan fingerprint density at radius 3 is 1.01 bits per heavy atom. The molecule has 0 fully saturated rings. The molecule has 0 unspecified atom stereocenters. The molecule has 350 valence electrons. The molecule has 0 aliphatic rings. The number of benzene rings is 7. The van der Waals surface area contributed by atoms with Gasteiger partial charge in [0.05, 0.1) is 55.4 Å². The summed E-state index contributed by atoms with van der Waals surface area (Å²) in [7, 11) is 0. The number of hydrogen-bond acceptors (Lipinski definition) is 0. The van der Waals surface area contributed by atoms with Gasteiger partial charge < -0.3 is 9.13 Å². The number of hydrogen-bond donors (Lipinski definition) is 0. The molecule has 68 heavy (non-hydrogen) atoms. The van der Waals surface area contributed by atoms with Crippen LogP contribution in [0.15, 0.2) is 133 Å². The topological polar surface area (TPSA) is 9.86 Å². The Hall–Kier alpha value is -7.12. The predicted octanol–water partition coefficient (Wildman–Crippen LogP) is 17.3. The van der Waals surface area contributed by atoms with E-state index in [0.717, 1.165) is 24.3 Å². The SMILES string of the molecule is FC(F)(F)c1cc(-c2ccc(-n3c4ccccc4c4c3ccc3c5ccccc5n(-c5ccc(-c6cc(C(F)(F)F)c(C(F)(F)F)c(C(F)(F)F)c6)cc5)c34)cc2)cc(C(F)(F)F)c1C(F)(F)F. The lowest BCUT2D eigenvalue weighted by molar-refractivity contribution is -0.174. The van der Waals surface area contributed by atoms with Gasteiger partial charge in [-0.15, -0.1) is 0 Å². The summed E-state index contributed by atoms with van der Waals surface area (Å²) in [4.78, 5) is 0. The van der Waals surface area contributed by atoms with Gasteiger partial charge in [-0.05, 0) is 89.0 Å². The van der Waals surface area contributed by atoms with Crippen molar-refractivity contribution < 1.29 is 79.0 Å². The Morgan fingerprint density at radius 1 is 0.279 bits per heavy atom. The van der Waals surface area contributed by atoms with Crippen molar-refractivity contribution in [1.29, 1.82) is 0 Å². The van der Waals surface area contributed by atoms with E-state index in [1.54, 1.807) is 69.8 Å². The fourth-order valence-electron chi connectivity index (χ4n) is 8.78. The first-order valence-corrected chi connectivity index (χ1v) is 19.5. The van der Waals surface area contributed by atoms with Gasteiger partial charge in [0, 0.05) is 32.9 Å². The molecule has 0 saturated carbocycles. The molecular formula is C48H22F18N2. The van der Waals surface area contributed by atoms with Crippen LogP contribution in [0.5, 0.6) is 0 Å². The van der Waals surface area contributed by atoms with E-state index >= 15 is 0 Å². The number of rotatable bonds is 4. The molecule has 2 aromatic heterocycles. The Kier molecular flexibility index (Phi) is 10.3. The number of fused-ring (bicyclic) bond motifs is 7. The maximum absolute atomic E-state index is 14.0. The zero-order chi connectivity index (χ0) is 49.3. The Bertz CT molecular complexity index is 3380. The second-order valence-electron chi connectivity index (χ2n) is 15.5. The zero-order valence-corrected chi connectivity index (χ0v) is 33.4. The first kappa shape index (κ1) is 46.0. The number of halogens is 18. The maximum atomic E-state index is 14.0. The van der Waals surface area contributed by atoms with Crippen molar-refractivity contribution >= 4 is 43.6 Å². The van der Waals surface area contributed by atoms with Crippen LogP contribution in [0.2, 0.25) is 0 Å². The summed E-state index contributed by atoms with van der Waals surface area (Å²) < 4.78 is 254. The van der Waals surface area contributed by atoms with E-state index in [-0.39, 0.29) is 35.4 Å². The van der Waals surface area contributed by atoms with Crippen LogP contribution < -0.4 is 0 Å². The minimum Gasteiger partial charge on any atom is -0.309 e. The molecular weight excluding hydrogens is 947 g/mol. The van der Waals surface area contributed by atoms with Gasteiger partial charge >= 0.3 is 37.1 Å². The van der Waals surface area contributed by atoms with Crippen molar-refractivity contribution in [3.63, 3.8) is 0 Å². The molecule has 9 aromatic rings. The molecule has 0 radical (unpaired) electrons. The van der Waals surface area contributed by atoms with E-state index in [1.165, 1.54) is 24.3 Å². The highest BCUT2D eigenvalue weighted by Crippen LogP contribution is 2.51. The Morgan fingerprint density at radius 2 is 0.632 bits per heavy atom. The van der Waals surface area contributed by atoms with Crippen molar-refractivity contribution in [2.75, 3.05) is 0 Å². The Labute approximate surface area is 368 Å². The number of aromatic nitrogens is 2. The second kappa shape index (κ2) is 15.2. The summed E-state index contributed by atoms with van der Waals surface area (Å²) in [5, 5.41) is 2.47. The second-order valence-corrected chi connectivity index (χ2v) is 15.5. The molecule has 7 aromatic carbocycles. The van der Waals surface area contributed by atoms with E-state index in [4.69, 9.17) is 0 Å². The molecule has 0 aliphatic heterocycles. The van der Waals surface area contributed by atoms with Crippen LogP contribution in [-0.2, 0) is 37.1 Å². The predicted molar refractivity (Wildman–Crippen MR) is 216 cm³/mol. The molecule has 0 amide bonds. The lowest BCUT2D eigenvalue weighted by Crippen LogP contribution is -2.23. The first-order valence-electron chi connectivity index (χ1n) is 19.5. The van der Waals surface area contributed by atoms with Crippen LogP contribution in [0.25, 0.3) is 77.2 Å². The molecule has 20 heteroatoms. The van der Waals surface area contributed by atoms with Gasteiger partial charge in [-0.25, -0.2) is 0 Å². The number of alkyl halides is 18. The van der Waals surface area contributed by atoms with Crippen molar-refractivity contribution in [3.8, 4) is 33.6 Å². The van der Waals surface area contributed by atoms with Crippen LogP contribution in [0.3, 0.4) is 0 Å². The van der Waals surface area contributed by atoms with Crippen molar-refractivity contribution in [2.45, 2.75) is 37.1 Å². The molecule has 0 atom stereocenters. The molecule has 0 spiro atoms. The highest BCUT2D eigenvalue weighted by molar-refractivity contribution is 6.26. The highest BCUT2D eigenvalue weighted by Gasteiger charge is 2.52. The molecule has 0 bridgehead atoms. The van der Waals surface area contributed by atoms with Crippen molar-refractivity contribution in [2.24, 2.45) is 0 Å². The summed E-state index contributed by atoms with van der Waals surface area (Å²) in [5.74, 6) is 0. The minimum atomic E-state index is -6.02. The highest BCUT2D eigenvalue weighted by atomic mass is 19.4. The van der Waals surface area contributed by atoms with E-state index in [0.29, 0.717) is 55.0 Å². The third kappa shape index (κ3) is 7.72. The molecule has 0 aliphatic carbocycles. The summed E-state index contributed by atoms with van der Waals surface area (Å²) in [6.45, 7) is 0. The van der Waals surface area contributed by atoms with Gasteiger partial charge in [-0.2, -0.15) is 79.0 Å². The third-order valence-corrected chi connectivity index (χ3v) is 11.5. The number of nitrogens with zero attached hydrogens (tertiary/aromatic N) is 2. The zero-order valence-electron chi connectivity index (χ0n) is 33.4. The van der Waals surface area contributed by atoms with E-state index in [2.05, 4.69) is 0 Å². The average Bonchev–Trinajstić information content (AvgIpc) is 3.77. The lowest BCUT2D eigenvalue weighted by Gasteiger charge is -2.22. The normalized spacial score (nSPS) is 13.4. The van der Waals surface area contributed by atoms with Gasteiger partial charge in [0.15, 0.2) is 0 Å². The van der Waals surface area contributed by atoms with E-state index in [9.17, 15) is 79.0 Å². The molecule has 9 rings (SSSR count). The van der Waals surface area contributed by atoms with Crippen LogP contribution >= 0.6 is 0 Å². The lowest BCUT2D eigenvalue weighted by atomic mass is 9.93. The molecule has 2 heterocycles. The van der Waals surface area contributed by atoms with Gasteiger partial charge in [-0.1, -0.05) is 66.7 Å². The van der Waals surface area contributed by atoms with E-state index < -0.39 is 81.6 Å². The van der Waals surface area contributed by atoms with Crippen LogP contribution in [-0.4, -0.2) is 9.13 Å². The Balaban J connectivity index is 1.22. The maximum Gasteiger partial charge on any atom is 0.417 e. The molecule has 0 saturated heterocycles. The van der Waals surface area contributed by atoms with Crippen molar-refractivity contribution in [1.82, 2.24) is 9.13 Å². The van der Waals surface area contributed by atoms with Crippen LogP contribution in [0.4, 0.5) is 79.0 Å². The van der Waals surface area contributed by atoms with Gasteiger partial charge in [-0.3, -0.25) is 0 Å². The fourth-order valence-corrected chi connectivity index (χ4v) is 8.78. The summed E-state index contributed by atoms with van der Waals surface area (Å²) >= 11 is 0. The molecule has 2 nitrogen and oxygen atoms in total. The largest absolute Gasteiger partial charge is 0.417 e. The van der Waals surface area contributed by atoms with Crippen molar-refractivity contribution in [3.05, 3.63) is 167 Å². The van der Waals surface area contributed by atoms with Gasteiger partial charge in [0.25, 0.3) is 0 Å². The van der Waals surface area contributed by atoms with Gasteiger partial charge in [0.1, 0.15) is 0 Å². The standard InChI is InChI=1S/C48H22F18N2/c49-43(50,51)32-19-25(20-33(44(52,53)54)40(32)47(61,62)63)23-9-13-27(14-10-23)67-37-8-4-2-6-31(37)39-38(67)18-17-30-29-5-1-3-7-36(29)68(42(30)39)28-15-11-24(12-16-28)26-21-34(45(55,56)57)41(48(64,65)66)35(22-26)46(58,59)60/h1-22H. The quantitative estimate of drug-likeness (QED) is 0.156. The summed E-state index contributed by atoms with van der Waals surface area (Å²) in [6, 6.07) is 27.2. The number of para-hydroxylation sites is 2. The molecule has 0 N–H and O–H groups in total. The van der Waals surface area contributed by atoms with Gasteiger partial charge in [0.2, 0.25) is 0 Å². The van der Waals surface area contributed by atoms with Crippen LogP contribution in [0.1, 0.15) is 33.4 Å². The summed E-state index contributed by atoms with van der Waals surface area (Å²) in [6.07, 6.45) is -35.3. The average molecular weight is 969 g/mol. The van der Waals surface area contributed by atoms with Crippen LogP contribution in [0, 0.1) is 0 Å². The first-order chi connectivity index (χ1) is 31.5.